The Hall–Kier alpha value is -0.420. The Morgan fingerprint density at radius 1 is 1.47 bits per heavy atom. The topological polar surface area (TPSA) is 43.1 Å². The SMILES string of the molecule is CCC(Br)C(C)Cc1cccc([N+](=O)[O-])c1Br. The molecule has 1 aromatic carbocycles. The van der Waals surface area contributed by atoms with Gasteiger partial charge < -0.3 is 0 Å². The standard InChI is InChI=1S/C12H15Br2NO2/c1-3-10(13)8(2)7-9-5-4-6-11(12(9)14)15(16)17/h4-6,8,10H,3,7H2,1-2H3. The summed E-state index contributed by atoms with van der Waals surface area (Å²) in [5.74, 6) is 0.443. The molecule has 0 aliphatic carbocycles. The van der Waals surface area contributed by atoms with Gasteiger partial charge in [0, 0.05) is 10.9 Å². The Morgan fingerprint density at radius 2 is 2.12 bits per heavy atom. The Morgan fingerprint density at radius 3 is 2.65 bits per heavy atom. The van der Waals surface area contributed by atoms with Crippen LogP contribution in [0.1, 0.15) is 25.8 Å². The van der Waals surface area contributed by atoms with E-state index in [-0.39, 0.29) is 10.6 Å². The summed E-state index contributed by atoms with van der Waals surface area (Å²) in [4.78, 5) is 10.9. The van der Waals surface area contributed by atoms with E-state index in [1.165, 1.54) is 6.07 Å². The minimum Gasteiger partial charge on any atom is -0.258 e. The van der Waals surface area contributed by atoms with Crippen LogP contribution in [0.5, 0.6) is 0 Å². The number of alkyl halides is 1. The molecule has 94 valence electrons. The summed E-state index contributed by atoms with van der Waals surface area (Å²) in [5, 5.41) is 10.8. The number of nitrogens with zero attached hydrogens (tertiary/aromatic N) is 1. The first-order valence-electron chi connectivity index (χ1n) is 5.53. The van der Waals surface area contributed by atoms with Crippen molar-refractivity contribution in [2.24, 2.45) is 5.92 Å². The van der Waals surface area contributed by atoms with E-state index in [2.05, 4.69) is 45.7 Å². The quantitative estimate of drug-likeness (QED) is 0.431. The number of hydrogen-bond acceptors (Lipinski definition) is 2. The van der Waals surface area contributed by atoms with Crippen molar-refractivity contribution in [2.75, 3.05) is 0 Å². The molecule has 17 heavy (non-hydrogen) atoms. The van der Waals surface area contributed by atoms with E-state index < -0.39 is 0 Å². The van der Waals surface area contributed by atoms with Crippen LogP contribution >= 0.6 is 31.9 Å². The van der Waals surface area contributed by atoms with E-state index >= 15 is 0 Å². The lowest BCUT2D eigenvalue weighted by molar-refractivity contribution is -0.385. The molecule has 0 N–H and O–H groups in total. The summed E-state index contributed by atoms with van der Waals surface area (Å²) < 4.78 is 0.604. The molecular weight excluding hydrogens is 350 g/mol. The number of benzene rings is 1. The van der Waals surface area contributed by atoms with E-state index in [4.69, 9.17) is 0 Å². The summed E-state index contributed by atoms with van der Waals surface area (Å²) in [7, 11) is 0. The molecule has 0 amide bonds. The lowest BCUT2D eigenvalue weighted by Gasteiger charge is -2.17. The number of halogens is 2. The van der Waals surface area contributed by atoms with Crippen molar-refractivity contribution in [3.8, 4) is 0 Å². The molecule has 0 heterocycles. The molecule has 3 nitrogen and oxygen atoms in total. The van der Waals surface area contributed by atoms with Crippen LogP contribution in [-0.2, 0) is 6.42 Å². The predicted octanol–water partition coefficient (Wildman–Crippen LogP) is 4.71. The maximum absolute atomic E-state index is 10.8. The van der Waals surface area contributed by atoms with Gasteiger partial charge >= 0.3 is 0 Å². The molecule has 5 heteroatoms. The van der Waals surface area contributed by atoms with Crippen molar-refractivity contribution in [1.29, 1.82) is 0 Å². The molecule has 2 atom stereocenters. The molecule has 0 aliphatic rings. The van der Waals surface area contributed by atoms with Crippen molar-refractivity contribution in [3.63, 3.8) is 0 Å². The Balaban J connectivity index is 2.92. The van der Waals surface area contributed by atoms with Gasteiger partial charge in [0.15, 0.2) is 0 Å². The van der Waals surface area contributed by atoms with Crippen molar-refractivity contribution in [3.05, 3.63) is 38.3 Å². The highest BCUT2D eigenvalue weighted by atomic mass is 79.9. The molecular formula is C12H15Br2NO2. The molecule has 1 rings (SSSR count). The minimum absolute atomic E-state index is 0.136. The molecule has 0 aliphatic heterocycles. The van der Waals surface area contributed by atoms with E-state index in [0.717, 1.165) is 18.4 Å². The van der Waals surface area contributed by atoms with Gasteiger partial charge in [0.1, 0.15) is 0 Å². The highest BCUT2D eigenvalue weighted by molar-refractivity contribution is 9.10. The molecule has 0 fully saturated rings. The zero-order chi connectivity index (χ0) is 13.0. The first-order chi connectivity index (χ1) is 7.97. The second-order valence-electron chi connectivity index (χ2n) is 4.11. The first kappa shape index (κ1) is 14.6. The average Bonchev–Trinajstić information content (AvgIpc) is 2.30. The largest absolute Gasteiger partial charge is 0.283 e. The van der Waals surface area contributed by atoms with Crippen molar-refractivity contribution in [2.45, 2.75) is 31.5 Å². The Kier molecular flexibility index (Phi) is 5.59. The number of nitro benzene ring substituents is 1. The van der Waals surface area contributed by atoms with Gasteiger partial charge in [-0.25, -0.2) is 0 Å². The molecule has 0 saturated heterocycles. The molecule has 0 bridgehead atoms. The molecule has 0 aromatic heterocycles. The lowest BCUT2D eigenvalue weighted by atomic mass is 9.96. The van der Waals surface area contributed by atoms with Crippen LogP contribution < -0.4 is 0 Å². The van der Waals surface area contributed by atoms with Gasteiger partial charge in [-0.1, -0.05) is 41.9 Å². The normalized spacial score (nSPS) is 14.4. The van der Waals surface area contributed by atoms with Crippen LogP contribution in [0.3, 0.4) is 0 Å². The highest BCUT2D eigenvalue weighted by Gasteiger charge is 2.18. The third kappa shape index (κ3) is 3.78. The molecule has 2 unspecified atom stereocenters. The number of rotatable bonds is 5. The molecule has 0 spiro atoms. The van der Waals surface area contributed by atoms with Gasteiger partial charge in [0.2, 0.25) is 0 Å². The smallest absolute Gasteiger partial charge is 0.258 e. The van der Waals surface area contributed by atoms with E-state index in [0.29, 0.717) is 15.2 Å². The van der Waals surface area contributed by atoms with Crippen LogP contribution in [0.15, 0.2) is 22.7 Å². The van der Waals surface area contributed by atoms with Crippen LogP contribution in [0.25, 0.3) is 0 Å². The van der Waals surface area contributed by atoms with Gasteiger partial charge in [0.05, 0.1) is 9.40 Å². The van der Waals surface area contributed by atoms with Gasteiger partial charge in [-0.05, 0) is 40.3 Å². The Bertz CT molecular complexity index is 409. The first-order valence-corrected chi connectivity index (χ1v) is 7.24. The summed E-state index contributed by atoms with van der Waals surface area (Å²) >= 11 is 6.95. The number of hydrogen-bond donors (Lipinski definition) is 0. The summed E-state index contributed by atoms with van der Waals surface area (Å²) in [6.45, 7) is 4.27. The third-order valence-corrected chi connectivity index (χ3v) is 5.27. The fraction of sp³-hybridized carbons (Fsp3) is 0.500. The monoisotopic (exact) mass is 363 g/mol. The number of nitro groups is 1. The van der Waals surface area contributed by atoms with E-state index in [9.17, 15) is 10.1 Å². The predicted molar refractivity (Wildman–Crippen MR) is 76.7 cm³/mol. The van der Waals surface area contributed by atoms with Gasteiger partial charge in [0.25, 0.3) is 5.69 Å². The van der Waals surface area contributed by atoms with Crippen molar-refractivity contribution in [1.82, 2.24) is 0 Å². The summed E-state index contributed by atoms with van der Waals surface area (Å²) in [5.41, 5.74) is 1.13. The molecule has 1 aromatic rings. The fourth-order valence-electron chi connectivity index (χ4n) is 1.74. The Labute approximate surface area is 118 Å². The van der Waals surface area contributed by atoms with E-state index in [1.807, 2.05) is 6.07 Å². The van der Waals surface area contributed by atoms with Crippen LogP contribution in [0.2, 0.25) is 0 Å². The zero-order valence-corrected chi connectivity index (χ0v) is 13.0. The fourth-order valence-corrected chi connectivity index (χ4v) is 2.50. The average molecular weight is 365 g/mol. The second kappa shape index (κ2) is 6.50. The molecule has 0 saturated carbocycles. The summed E-state index contributed by atoms with van der Waals surface area (Å²) in [6.07, 6.45) is 1.87. The van der Waals surface area contributed by atoms with Crippen LogP contribution in [-0.4, -0.2) is 9.75 Å². The maximum Gasteiger partial charge on any atom is 0.283 e. The van der Waals surface area contributed by atoms with Crippen molar-refractivity contribution >= 4 is 37.5 Å². The van der Waals surface area contributed by atoms with Crippen LogP contribution in [0.4, 0.5) is 5.69 Å². The summed E-state index contributed by atoms with van der Waals surface area (Å²) in [6, 6.07) is 5.19. The van der Waals surface area contributed by atoms with Crippen LogP contribution in [0, 0.1) is 16.0 Å². The maximum atomic E-state index is 10.8. The van der Waals surface area contributed by atoms with Gasteiger partial charge in [-0.15, -0.1) is 0 Å². The lowest BCUT2D eigenvalue weighted by Crippen LogP contribution is -2.13. The minimum atomic E-state index is -0.357. The van der Waals surface area contributed by atoms with Gasteiger partial charge in [-0.3, -0.25) is 10.1 Å². The van der Waals surface area contributed by atoms with Gasteiger partial charge in [-0.2, -0.15) is 0 Å². The van der Waals surface area contributed by atoms with E-state index in [1.54, 1.807) is 6.07 Å². The van der Waals surface area contributed by atoms with Crippen molar-refractivity contribution < 1.29 is 4.92 Å². The zero-order valence-electron chi connectivity index (χ0n) is 9.82. The second-order valence-corrected chi connectivity index (χ2v) is 6.08. The molecule has 0 radical (unpaired) electrons. The third-order valence-electron chi connectivity index (χ3n) is 2.80. The highest BCUT2D eigenvalue weighted by Crippen LogP contribution is 2.31.